The first-order chi connectivity index (χ1) is 14.1. The van der Waals surface area contributed by atoms with E-state index in [-0.39, 0.29) is 12.1 Å². The van der Waals surface area contributed by atoms with Crippen LogP contribution in [0.1, 0.15) is 44.9 Å². The van der Waals surface area contributed by atoms with Crippen LogP contribution in [0.5, 0.6) is 0 Å². The predicted octanol–water partition coefficient (Wildman–Crippen LogP) is 5.73. The standard InChI is InChI=1S/C22H33Cl2N3O2/c1-2-3-12-25-13-6-4-5-7-16-29-19-10-14-27(15-11-19)22(28)26-18-8-9-20(23)21(24)17-18/h2,8-9,17,19,25H,1,3-7,10-16H2,(H,26,28). The molecule has 1 aromatic carbocycles. The van der Waals surface area contributed by atoms with E-state index in [1.54, 1.807) is 18.2 Å². The van der Waals surface area contributed by atoms with Crippen LogP contribution in [0.15, 0.2) is 30.9 Å². The second-order valence-corrected chi connectivity index (χ2v) is 8.17. The molecule has 2 N–H and O–H groups in total. The number of urea groups is 1. The summed E-state index contributed by atoms with van der Waals surface area (Å²) in [7, 11) is 0. The van der Waals surface area contributed by atoms with Crippen molar-refractivity contribution in [1.82, 2.24) is 10.2 Å². The molecule has 0 saturated carbocycles. The van der Waals surface area contributed by atoms with Gasteiger partial charge in [0.05, 0.1) is 16.1 Å². The summed E-state index contributed by atoms with van der Waals surface area (Å²) in [4.78, 5) is 14.2. The summed E-state index contributed by atoms with van der Waals surface area (Å²) < 4.78 is 6.00. The molecule has 7 heteroatoms. The van der Waals surface area contributed by atoms with Crippen LogP contribution in [0.2, 0.25) is 10.0 Å². The number of likely N-dealkylation sites (tertiary alicyclic amines) is 1. The van der Waals surface area contributed by atoms with E-state index in [2.05, 4.69) is 17.2 Å². The molecule has 0 aliphatic carbocycles. The average molecular weight is 442 g/mol. The normalized spacial score (nSPS) is 14.8. The number of rotatable bonds is 12. The minimum atomic E-state index is -0.108. The topological polar surface area (TPSA) is 53.6 Å². The van der Waals surface area contributed by atoms with Crippen molar-refractivity contribution in [2.24, 2.45) is 0 Å². The lowest BCUT2D eigenvalue weighted by molar-refractivity contribution is 0.0141. The number of anilines is 1. The third-order valence-electron chi connectivity index (χ3n) is 5.03. The third kappa shape index (κ3) is 9.39. The third-order valence-corrected chi connectivity index (χ3v) is 5.77. The van der Waals surface area contributed by atoms with Crippen molar-refractivity contribution in [3.8, 4) is 0 Å². The Balaban J connectivity index is 1.52. The highest BCUT2D eigenvalue weighted by atomic mass is 35.5. The minimum absolute atomic E-state index is 0.108. The van der Waals surface area contributed by atoms with Gasteiger partial charge in [-0.2, -0.15) is 0 Å². The highest BCUT2D eigenvalue weighted by molar-refractivity contribution is 6.42. The fourth-order valence-corrected chi connectivity index (χ4v) is 3.58. The monoisotopic (exact) mass is 441 g/mol. The van der Waals surface area contributed by atoms with Crippen LogP contribution in [-0.2, 0) is 4.74 Å². The lowest BCUT2D eigenvalue weighted by Crippen LogP contribution is -2.43. The van der Waals surface area contributed by atoms with Crippen LogP contribution in [0.3, 0.4) is 0 Å². The summed E-state index contributed by atoms with van der Waals surface area (Å²) in [5.74, 6) is 0. The maximum absolute atomic E-state index is 12.4. The number of nitrogens with one attached hydrogen (secondary N) is 2. The number of hydrogen-bond donors (Lipinski definition) is 2. The van der Waals surface area contributed by atoms with Gasteiger partial charge in [-0.3, -0.25) is 0 Å². The minimum Gasteiger partial charge on any atom is -0.378 e. The van der Waals surface area contributed by atoms with Gasteiger partial charge < -0.3 is 20.3 Å². The summed E-state index contributed by atoms with van der Waals surface area (Å²) in [5.41, 5.74) is 0.652. The Morgan fingerprint density at radius 2 is 1.90 bits per heavy atom. The number of amides is 2. The number of hydrogen-bond acceptors (Lipinski definition) is 3. The van der Waals surface area contributed by atoms with E-state index in [4.69, 9.17) is 27.9 Å². The molecule has 1 fully saturated rings. The zero-order valence-corrected chi connectivity index (χ0v) is 18.6. The zero-order chi connectivity index (χ0) is 20.9. The summed E-state index contributed by atoms with van der Waals surface area (Å²) >= 11 is 11.9. The molecule has 0 spiro atoms. The Bertz CT molecular complexity index is 634. The molecular formula is C22H33Cl2N3O2. The first-order valence-corrected chi connectivity index (χ1v) is 11.3. The first-order valence-electron chi connectivity index (χ1n) is 10.5. The van der Waals surface area contributed by atoms with Gasteiger partial charge in [0.25, 0.3) is 0 Å². The molecule has 29 heavy (non-hydrogen) atoms. The molecule has 1 aliphatic rings. The van der Waals surface area contributed by atoms with Crippen LogP contribution >= 0.6 is 23.2 Å². The molecular weight excluding hydrogens is 409 g/mol. The highest BCUT2D eigenvalue weighted by Gasteiger charge is 2.23. The highest BCUT2D eigenvalue weighted by Crippen LogP contribution is 2.25. The van der Waals surface area contributed by atoms with Gasteiger partial charge in [-0.05, 0) is 63.4 Å². The summed E-state index contributed by atoms with van der Waals surface area (Å²) in [6, 6.07) is 4.98. The number of unbranched alkanes of at least 4 members (excludes halogenated alkanes) is 3. The van der Waals surface area contributed by atoms with E-state index in [0.29, 0.717) is 28.8 Å². The van der Waals surface area contributed by atoms with Gasteiger partial charge in [0.15, 0.2) is 0 Å². The van der Waals surface area contributed by atoms with E-state index in [1.165, 1.54) is 19.3 Å². The van der Waals surface area contributed by atoms with Crippen molar-refractivity contribution >= 4 is 34.9 Å². The Morgan fingerprint density at radius 3 is 2.62 bits per heavy atom. The molecule has 1 saturated heterocycles. The van der Waals surface area contributed by atoms with Gasteiger partial charge in [-0.25, -0.2) is 4.79 Å². The number of carbonyl (C=O) groups is 1. The lowest BCUT2D eigenvalue weighted by atomic mass is 10.1. The van der Waals surface area contributed by atoms with Gasteiger partial charge in [0.1, 0.15) is 0 Å². The van der Waals surface area contributed by atoms with E-state index in [1.807, 2.05) is 11.0 Å². The molecule has 1 aromatic rings. The van der Waals surface area contributed by atoms with Crippen molar-refractivity contribution in [2.45, 2.75) is 51.0 Å². The second-order valence-electron chi connectivity index (χ2n) is 7.36. The summed E-state index contributed by atoms with van der Waals surface area (Å²) in [6.45, 7) is 8.04. The van der Waals surface area contributed by atoms with Crippen LogP contribution in [-0.4, -0.2) is 49.8 Å². The number of nitrogens with zero attached hydrogens (tertiary/aromatic N) is 1. The van der Waals surface area contributed by atoms with Crippen LogP contribution in [0, 0.1) is 0 Å². The number of ether oxygens (including phenoxy) is 1. The van der Waals surface area contributed by atoms with E-state index in [9.17, 15) is 4.79 Å². The number of piperidine rings is 1. The SMILES string of the molecule is C=CCCNCCCCCCOC1CCN(C(=O)Nc2ccc(Cl)c(Cl)c2)CC1. The zero-order valence-electron chi connectivity index (χ0n) is 17.1. The Kier molecular flexibility index (Phi) is 11.5. The molecule has 0 aromatic heterocycles. The Labute approximate surface area is 184 Å². The van der Waals surface area contributed by atoms with Crippen molar-refractivity contribution in [3.05, 3.63) is 40.9 Å². The van der Waals surface area contributed by atoms with Gasteiger partial charge in [-0.1, -0.05) is 42.1 Å². The fraction of sp³-hybridized carbons (Fsp3) is 0.591. The molecule has 1 heterocycles. The number of halogens is 2. The van der Waals surface area contributed by atoms with E-state index in [0.717, 1.165) is 45.4 Å². The van der Waals surface area contributed by atoms with Crippen LogP contribution in [0.4, 0.5) is 10.5 Å². The van der Waals surface area contributed by atoms with Crippen molar-refractivity contribution in [3.63, 3.8) is 0 Å². The van der Waals surface area contributed by atoms with E-state index >= 15 is 0 Å². The number of benzene rings is 1. The average Bonchev–Trinajstić information content (AvgIpc) is 2.72. The second kappa shape index (κ2) is 13.9. The molecule has 2 rings (SSSR count). The molecule has 162 valence electrons. The van der Waals surface area contributed by atoms with Crippen LogP contribution in [0.25, 0.3) is 0 Å². The first kappa shape index (κ1) is 24.0. The largest absolute Gasteiger partial charge is 0.378 e. The molecule has 0 radical (unpaired) electrons. The van der Waals surface area contributed by atoms with Gasteiger partial charge in [-0.15, -0.1) is 6.58 Å². The summed E-state index contributed by atoms with van der Waals surface area (Å²) in [6.07, 6.45) is 9.73. The maximum atomic E-state index is 12.4. The quantitative estimate of drug-likeness (QED) is 0.321. The molecule has 2 amide bonds. The van der Waals surface area contributed by atoms with Gasteiger partial charge >= 0.3 is 6.03 Å². The Morgan fingerprint density at radius 1 is 1.14 bits per heavy atom. The van der Waals surface area contributed by atoms with Crippen LogP contribution < -0.4 is 10.6 Å². The van der Waals surface area contributed by atoms with Gasteiger partial charge in [0, 0.05) is 25.4 Å². The molecule has 0 bridgehead atoms. The Hall–Kier alpha value is -1.27. The van der Waals surface area contributed by atoms with Crippen molar-refractivity contribution < 1.29 is 9.53 Å². The molecule has 0 unspecified atom stereocenters. The summed E-state index contributed by atoms with van der Waals surface area (Å²) in [5, 5.41) is 7.19. The fourth-order valence-electron chi connectivity index (χ4n) is 3.29. The van der Waals surface area contributed by atoms with Crippen molar-refractivity contribution in [2.75, 3.05) is 38.1 Å². The van der Waals surface area contributed by atoms with E-state index < -0.39 is 0 Å². The lowest BCUT2D eigenvalue weighted by Gasteiger charge is -2.32. The molecule has 1 aliphatic heterocycles. The smallest absolute Gasteiger partial charge is 0.321 e. The van der Waals surface area contributed by atoms with Crippen molar-refractivity contribution in [1.29, 1.82) is 0 Å². The maximum Gasteiger partial charge on any atom is 0.321 e. The molecule has 5 nitrogen and oxygen atoms in total. The number of carbonyl (C=O) groups excluding carboxylic acids is 1. The van der Waals surface area contributed by atoms with Gasteiger partial charge in [0.2, 0.25) is 0 Å². The molecule has 0 atom stereocenters. The predicted molar refractivity (Wildman–Crippen MR) is 122 cm³/mol.